The van der Waals surface area contributed by atoms with Crippen molar-refractivity contribution in [2.24, 2.45) is 17.8 Å². The topological polar surface area (TPSA) is 24.5 Å². The Morgan fingerprint density at radius 1 is 1.11 bits per heavy atom. The van der Waals surface area contributed by atoms with E-state index in [4.69, 9.17) is 4.74 Å². The van der Waals surface area contributed by atoms with Crippen LogP contribution in [-0.2, 0) is 11.3 Å². The first kappa shape index (κ1) is 22.2. The number of hydrogen-bond donors (Lipinski definition) is 1. The molecule has 0 saturated carbocycles. The van der Waals surface area contributed by atoms with Crippen LogP contribution in [0, 0.1) is 17.8 Å². The highest BCUT2D eigenvalue weighted by Crippen LogP contribution is 2.37. The van der Waals surface area contributed by atoms with Crippen molar-refractivity contribution in [3.63, 3.8) is 0 Å². The third kappa shape index (κ3) is 7.83. The van der Waals surface area contributed by atoms with Gasteiger partial charge in [0.15, 0.2) is 0 Å². The summed E-state index contributed by atoms with van der Waals surface area (Å²) in [5, 5.41) is 3.68. The van der Waals surface area contributed by atoms with Crippen molar-refractivity contribution in [3.05, 3.63) is 29.8 Å². The van der Waals surface area contributed by atoms with E-state index >= 15 is 0 Å². The molecule has 27 heavy (non-hydrogen) atoms. The minimum atomic E-state index is 0.0562. The van der Waals surface area contributed by atoms with Gasteiger partial charge in [0.25, 0.3) is 0 Å². The summed E-state index contributed by atoms with van der Waals surface area (Å²) < 4.78 is 5.96. The zero-order valence-electron chi connectivity index (χ0n) is 18.6. The number of nitrogens with zero attached hydrogens (tertiary/aromatic N) is 1. The summed E-state index contributed by atoms with van der Waals surface area (Å²) in [5.41, 5.74) is 2.68. The molecule has 1 aliphatic rings. The van der Waals surface area contributed by atoms with Crippen LogP contribution in [0.2, 0.25) is 0 Å². The highest BCUT2D eigenvalue weighted by molar-refractivity contribution is 5.45. The summed E-state index contributed by atoms with van der Waals surface area (Å²) in [6, 6.07) is 8.87. The monoisotopic (exact) mass is 374 g/mol. The smallest absolute Gasteiger partial charge is 0.0629 e. The Bertz CT molecular complexity index is 536. The van der Waals surface area contributed by atoms with Crippen molar-refractivity contribution in [2.75, 3.05) is 32.1 Å². The molecule has 1 aromatic carbocycles. The molecule has 1 aliphatic heterocycles. The summed E-state index contributed by atoms with van der Waals surface area (Å²) in [5.74, 6) is 2.43. The summed E-state index contributed by atoms with van der Waals surface area (Å²) in [4.78, 5) is 2.14. The lowest BCUT2D eigenvalue weighted by Gasteiger charge is -2.39. The van der Waals surface area contributed by atoms with E-state index in [2.05, 4.69) is 76.3 Å². The first-order valence-corrected chi connectivity index (χ1v) is 10.9. The van der Waals surface area contributed by atoms with E-state index in [1.54, 1.807) is 0 Å². The quantitative estimate of drug-likeness (QED) is 0.548. The van der Waals surface area contributed by atoms with Gasteiger partial charge in [-0.05, 0) is 81.5 Å². The molecule has 2 rings (SSSR count). The number of hydrogen-bond acceptors (Lipinski definition) is 3. The molecule has 0 amide bonds. The molecule has 0 unspecified atom stereocenters. The van der Waals surface area contributed by atoms with Gasteiger partial charge in [0, 0.05) is 32.9 Å². The number of rotatable bonds is 10. The SMILES string of the molecule is CC(C)CC[C@H](CCNCc1ccc(N(C)C)cc1)[C@@H]1CCOC(C)(C)C1. The van der Waals surface area contributed by atoms with Crippen molar-refractivity contribution in [1.29, 1.82) is 0 Å². The number of ether oxygens (including phenoxy) is 1. The van der Waals surface area contributed by atoms with Crippen LogP contribution in [-0.4, -0.2) is 32.8 Å². The maximum atomic E-state index is 5.96. The van der Waals surface area contributed by atoms with Crippen molar-refractivity contribution in [1.82, 2.24) is 5.32 Å². The lowest BCUT2D eigenvalue weighted by molar-refractivity contribution is -0.0839. The average Bonchev–Trinajstić information content (AvgIpc) is 2.60. The van der Waals surface area contributed by atoms with Crippen LogP contribution < -0.4 is 10.2 Å². The Morgan fingerprint density at radius 3 is 2.41 bits per heavy atom. The highest BCUT2D eigenvalue weighted by atomic mass is 16.5. The van der Waals surface area contributed by atoms with Gasteiger partial charge in [-0.3, -0.25) is 0 Å². The average molecular weight is 375 g/mol. The van der Waals surface area contributed by atoms with Crippen LogP contribution in [0.15, 0.2) is 24.3 Å². The van der Waals surface area contributed by atoms with E-state index in [1.807, 2.05) is 0 Å². The fourth-order valence-corrected chi connectivity index (χ4v) is 4.28. The van der Waals surface area contributed by atoms with Gasteiger partial charge < -0.3 is 15.0 Å². The van der Waals surface area contributed by atoms with Crippen LogP contribution in [0.25, 0.3) is 0 Å². The minimum absolute atomic E-state index is 0.0562. The molecule has 1 saturated heterocycles. The third-order valence-corrected chi connectivity index (χ3v) is 5.99. The Morgan fingerprint density at radius 2 is 1.81 bits per heavy atom. The first-order chi connectivity index (χ1) is 12.8. The van der Waals surface area contributed by atoms with Gasteiger partial charge in [-0.2, -0.15) is 0 Å². The fraction of sp³-hybridized carbons (Fsp3) is 0.750. The van der Waals surface area contributed by atoms with Gasteiger partial charge in [-0.25, -0.2) is 0 Å². The van der Waals surface area contributed by atoms with Gasteiger partial charge in [-0.15, -0.1) is 0 Å². The van der Waals surface area contributed by atoms with Gasteiger partial charge in [0.2, 0.25) is 0 Å². The largest absolute Gasteiger partial charge is 0.378 e. The highest BCUT2D eigenvalue weighted by Gasteiger charge is 2.33. The summed E-state index contributed by atoms with van der Waals surface area (Å²) in [6.45, 7) is 12.2. The van der Waals surface area contributed by atoms with E-state index in [-0.39, 0.29) is 5.60 Å². The second kappa shape index (κ2) is 10.5. The summed E-state index contributed by atoms with van der Waals surface area (Å²) >= 11 is 0. The zero-order valence-corrected chi connectivity index (χ0v) is 18.6. The number of anilines is 1. The molecule has 0 bridgehead atoms. The summed E-state index contributed by atoms with van der Waals surface area (Å²) in [6.07, 6.45) is 6.43. The fourth-order valence-electron chi connectivity index (χ4n) is 4.28. The molecule has 1 fully saturated rings. The molecule has 1 N–H and O–H groups in total. The normalized spacial score (nSPS) is 20.6. The van der Waals surface area contributed by atoms with Crippen LogP contribution in [0.4, 0.5) is 5.69 Å². The predicted octanol–water partition coefficient (Wildman–Crippen LogP) is 5.49. The van der Waals surface area contributed by atoms with Crippen molar-refractivity contribution >= 4 is 5.69 Å². The molecular weight excluding hydrogens is 332 g/mol. The standard InChI is InChI=1S/C24H42N2O/c1-19(2)7-10-21(22-14-16-27-24(3,4)17-22)13-15-25-18-20-8-11-23(12-9-20)26(5)6/h8-9,11-12,19,21-22,25H,7,10,13-18H2,1-6H3/t21-,22-/m1/s1. The van der Waals surface area contributed by atoms with Crippen LogP contribution in [0.1, 0.15) is 65.4 Å². The van der Waals surface area contributed by atoms with Crippen LogP contribution >= 0.6 is 0 Å². The maximum Gasteiger partial charge on any atom is 0.0629 e. The van der Waals surface area contributed by atoms with Gasteiger partial charge in [0.05, 0.1) is 5.60 Å². The Hall–Kier alpha value is -1.06. The minimum Gasteiger partial charge on any atom is -0.378 e. The van der Waals surface area contributed by atoms with Crippen molar-refractivity contribution in [2.45, 2.75) is 71.9 Å². The molecule has 3 nitrogen and oxygen atoms in total. The summed E-state index contributed by atoms with van der Waals surface area (Å²) in [7, 11) is 4.17. The van der Waals surface area contributed by atoms with E-state index in [0.717, 1.165) is 37.5 Å². The molecule has 0 spiro atoms. The zero-order chi connectivity index (χ0) is 19.9. The van der Waals surface area contributed by atoms with Crippen molar-refractivity contribution < 1.29 is 4.74 Å². The Balaban J connectivity index is 1.82. The van der Waals surface area contributed by atoms with E-state index in [9.17, 15) is 0 Å². The molecule has 0 radical (unpaired) electrons. The van der Waals surface area contributed by atoms with Crippen molar-refractivity contribution in [3.8, 4) is 0 Å². The number of benzene rings is 1. The molecule has 154 valence electrons. The molecule has 0 aliphatic carbocycles. The second-order valence-corrected chi connectivity index (χ2v) is 9.62. The maximum absolute atomic E-state index is 5.96. The second-order valence-electron chi connectivity index (χ2n) is 9.62. The molecular formula is C24H42N2O. The third-order valence-electron chi connectivity index (χ3n) is 5.99. The molecule has 3 heteroatoms. The predicted molar refractivity (Wildman–Crippen MR) is 117 cm³/mol. The van der Waals surface area contributed by atoms with Gasteiger partial charge in [0.1, 0.15) is 0 Å². The Labute approximate surface area is 167 Å². The molecule has 0 aromatic heterocycles. The van der Waals surface area contributed by atoms with E-state index < -0.39 is 0 Å². The number of nitrogens with one attached hydrogen (secondary N) is 1. The van der Waals surface area contributed by atoms with Crippen LogP contribution in [0.5, 0.6) is 0 Å². The van der Waals surface area contributed by atoms with Crippen LogP contribution in [0.3, 0.4) is 0 Å². The molecule has 1 heterocycles. The lowest BCUT2D eigenvalue weighted by atomic mass is 9.75. The lowest BCUT2D eigenvalue weighted by Crippen LogP contribution is -2.37. The van der Waals surface area contributed by atoms with Gasteiger partial charge in [-0.1, -0.05) is 32.4 Å². The van der Waals surface area contributed by atoms with E-state index in [1.165, 1.54) is 43.4 Å². The molecule has 2 atom stereocenters. The first-order valence-electron chi connectivity index (χ1n) is 10.9. The van der Waals surface area contributed by atoms with E-state index in [0.29, 0.717) is 0 Å². The Kier molecular flexibility index (Phi) is 8.62. The molecule has 1 aromatic rings. The van der Waals surface area contributed by atoms with Gasteiger partial charge >= 0.3 is 0 Å².